The molecule has 6 nitrogen and oxygen atoms in total. The van der Waals surface area contributed by atoms with E-state index in [0.717, 1.165) is 0 Å². The number of halogens is 3. The highest BCUT2D eigenvalue weighted by Crippen LogP contribution is 2.29. The van der Waals surface area contributed by atoms with Crippen LogP contribution in [-0.2, 0) is 6.18 Å². The van der Waals surface area contributed by atoms with Gasteiger partial charge in [-0.05, 0) is 25.1 Å². The Morgan fingerprint density at radius 1 is 1.35 bits per heavy atom. The van der Waals surface area contributed by atoms with Crippen molar-refractivity contribution in [3.63, 3.8) is 0 Å². The predicted octanol–water partition coefficient (Wildman–Crippen LogP) is 2.67. The fourth-order valence-electron chi connectivity index (χ4n) is 1.80. The lowest BCUT2D eigenvalue weighted by Gasteiger charge is -2.14. The highest BCUT2D eigenvalue weighted by atomic mass is 19.4. The summed E-state index contributed by atoms with van der Waals surface area (Å²) in [7, 11) is 0. The van der Waals surface area contributed by atoms with Gasteiger partial charge in [0.25, 0.3) is 5.56 Å². The van der Waals surface area contributed by atoms with Crippen molar-refractivity contribution in [2.24, 2.45) is 0 Å². The lowest BCUT2D eigenvalue weighted by molar-refractivity contribution is -0.137. The first-order valence-electron chi connectivity index (χ1n) is 6.56. The Morgan fingerprint density at radius 3 is 2.70 bits per heavy atom. The van der Waals surface area contributed by atoms with Crippen LogP contribution in [0.25, 0.3) is 0 Å². The number of carbonyl (C=O) groups is 1. The molecule has 2 aromatic rings. The number of carbonyl (C=O) groups excluding carboxylic acids is 1. The van der Waals surface area contributed by atoms with E-state index in [1.165, 1.54) is 0 Å². The van der Waals surface area contributed by atoms with Gasteiger partial charge in [-0.2, -0.15) is 13.2 Å². The van der Waals surface area contributed by atoms with Gasteiger partial charge < -0.3 is 15.6 Å². The summed E-state index contributed by atoms with van der Waals surface area (Å²) >= 11 is 0. The van der Waals surface area contributed by atoms with Crippen LogP contribution in [0, 0.1) is 0 Å². The zero-order chi connectivity index (χ0) is 17.0. The number of aromatic amines is 1. The Morgan fingerprint density at radius 2 is 2.09 bits per heavy atom. The molecular weight excluding hydrogens is 313 g/mol. The quantitative estimate of drug-likeness (QED) is 0.810. The molecule has 0 saturated carbocycles. The van der Waals surface area contributed by atoms with Crippen LogP contribution >= 0.6 is 0 Å². The fourth-order valence-corrected chi connectivity index (χ4v) is 1.80. The van der Waals surface area contributed by atoms with Crippen molar-refractivity contribution in [3.05, 3.63) is 58.3 Å². The largest absolute Gasteiger partial charge is 0.417 e. The van der Waals surface area contributed by atoms with E-state index in [0.29, 0.717) is 18.0 Å². The topological polar surface area (TPSA) is 86.9 Å². The van der Waals surface area contributed by atoms with Crippen LogP contribution < -0.4 is 16.2 Å². The normalized spacial score (nSPS) is 12.5. The van der Waals surface area contributed by atoms with Gasteiger partial charge in [0.2, 0.25) is 0 Å². The lowest BCUT2D eigenvalue weighted by atomic mass is 10.2. The number of alkyl halides is 3. The van der Waals surface area contributed by atoms with E-state index in [9.17, 15) is 22.8 Å². The maximum Gasteiger partial charge on any atom is 0.417 e. The van der Waals surface area contributed by atoms with Gasteiger partial charge in [-0.15, -0.1) is 0 Å². The van der Waals surface area contributed by atoms with E-state index in [1.807, 2.05) is 4.98 Å². The molecular formula is C14H13F3N4O2. The zero-order valence-corrected chi connectivity index (χ0v) is 11.9. The van der Waals surface area contributed by atoms with Crippen LogP contribution in [0.3, 0.4) is 0 Å². The Labute approximate surface area is 128 Å². The highest BCUT2D eigenvalue weighted by Gasteiger charge is 2.31. The molecule has 2 heterocycles. The van der Waals surface area contributed by atoms with Crippen LogP contribution in [0.4, 0.5) is 23.7 Å². The molecule has 0 bridgehead atoms. The Bertz CT molecular complexity index is 744. The molecule has 1 atom stereocenters. The molecule has 0 saturated heterocycles. The number of nitrogens with zero attached hydrogens (tertiary/aromatic N) is 1. The predicted molar refractivity (Wildman–Crippen MR) is 76.9 cm³/mol. The first kappa shape index (κ1) is 16.5. The average molecular weight is 326 g/mol. The number of amides is 2. The monoisotopic (exact) mass is 326 g/mol. The third kappa shape index (κ3) is 4.31. The second-order valence-corrected chi connectivity index (χ2v) is 4.70. The van der Waals surface area contributed by atoms with Crippen molar-refractivity contribution >= 4 is 11.7 Å². The van der Waals surface area contributed by atoms with E-state index in [2.05, 4.69) is 15.6 Å². The Kier molecular flexibility index (Phi) is 4.68. The van der Waals surface area contributed by atoms with Gasteiger partial charge in [-0.1, -0.05) is 6.07 Å². The molecule has 3 N–H and O–H groups in total. The van der Waals surface area contributed by atoms with Gasteiger partial charge in [0.15, 0.2) is 0 Å². The molecule has 9 heteroatoms. The molecule has 2 aromatic heterocycles. The van der Waals surface area contributed by atoms with Crippen molar-refractivity contribution in [2.45, 2.75) is 19.1 Å². The van der Waals surface area contributed by atoms with Crippen molar-refractivity contribution in [1.82, 2.24) is 15.3 Å². The summed E-state index contributed by atoms with van der Waals surface area (Å²) in [5.74, 6) is 0. The molecule has 0 aliphatic heterocycles. The SMILES string of the molecule is C[C@H](NC(=O)Nc1cc(C(F)(F)F)c[nH]c1=O)c1ccccn1. The van der Waals surface area contributed by atoms with E-state index in [1.54, 1.807) is 31.3 Å². The van der Waals surface area contributed by atoms with Crippen LogP contribution in [0.15, 0.2) is 41.5 Å². The van der Waals surface area contributed by atoms with Crippen molar-refractivity contribution in [3.8, 4) is 0 Å². The Hall–Kier alpha value is -2.84. The standard InChI is InChI=1S/C14H13F3N4O2/c1-8(10-4-2-3-5-18-10)20-13(23)21-11-6-9(14(15,16)17)7-19-12(11)22/h2-8H,1H3,(H,19,22)(H2,20,21,23)/t8-/m0/s1. The summed E-state index contributed by atoms with van der Waals surface area (Å²) in [5, 5.41) is 4.59. The minimum absolute atomic E-state index is 0.485. The molecule has 23 heavy (non-hydrogen) atoms. The fraction of sp³-hybridized carbons (Fsp3) is 0.214. The van der Waals surface area contributed by atoms with E-state index in [-0.39, 0.29) is 0 Å². The number of H-pyrrole nitrogens is 1. The average Bonchev–Trinajstić information content (AvgIpc) is 2.49. The summed E-state index contributed by atoms with van der Waals surface area (Å²) in [6.07, 6.45) is -2.54. The van der Waals surface area contributed by atoms with Crippen LogP contribution in [0.2, 0.25) is 0 Å². The molecule has 0 spiro atoms. The molecule has 0 aliphatic carbocycles. The molecule has 0 radical (unpaired) electrons. The number of hydrogen-bond donors (Lipinski definition) is 3. The summed E-state index contributed by atoms with van der Waals surface area (Å²) in [5.41, 5.74) is -1.82. The molecule has 2 amide bonds. The molecule has 0 aromatic carbocycles. The molecule has 0 aliphatic rings. The second kappa shape index (κ2) is 6.51. The van der Waals surface area contributed by atoms with Gasteiger partial charge in [0.05, 0.1) is 17.3 Å². The van der Waals surface area contributed by atoms with Crippen molar-refractivity contribution in [2.75, 3.05) is 5.32 Å². The van der Waals surface area contributed by atoms with Gasteiger partial charge >= 0.3 is 12.2 Å². The van der Waals surface area contributed by atoms with Crippen LogP contribution in [0.1, 0.15) is 24.2 Å². The maximum atomic E-state index is 12.6. The van der Waals surface area contributed by atoms with Crippen molar-refractivity contribution in [1.29, 1.82) is 0 Å². The number of nitrogens with one attached hydrogen (secondary N) is 3. The Balaban J connectivity index is 2.10. The van der Waals surface area contributed by atoms with Crippen LogP contribution in [-0.4, -0.2) is 16.0 Å². The minimum Gasteiger partial charge on any atom is -0.330 e. The lowest BCUT2D eigenvalue weighted by Crippen LogP contribution is -2.33. The number of anilines is 1. The highest BCUT2D eigenvalue weighted by molar-refractivity contribution is 5.89. The van der Waals surface area contributed by atoms with Gasteiger partial charge in [-0.25, -0.2) is 4.79 Å². The third-order valence-corrected chi connectivity index (χ3v) is 2.96. The van der Waals surface area contributed by atoms with Gasteiger partial charge in [-0.3, -0.25) is 9.78 Å². The number of urea groups is 1. The molecule has 0 fully saturated rings. The van der Waals surface area contributed by atoms with Crippen molar-refractivity contribution < 1.29 is 18.0 Å². The number of hydrogen-bond acceptors (Lipinski definition) is 3. The summed E-state index contributed by atoms with van der Waals surface area (Å²) in [4.78, 5) is 29.3. The zero-order valence-electron chi connectivity index (χ0n) is 11.9. The number of aromatic nitrogens is 2. The maximum absolute atomic E-state index is 12.6. The number of rotatable bonds is 3. The van der Waals surface area contributed by atoms with Crippen LogP contribution in [0.5, 0.6) is 0 Å². The molecule has 0 unspecified atom stereocenters. The number of pyridine rings is 2. The van der Waals surface area contributed by atoms with Gasteiger partial charge in [0.1, 0.15) is 5.69 Å². The molecule has 122 valence electrons. The van der Waals surface area contributed by atoms with E-state index >= 15 is 0 Å². The van der Waals surface area contributed by atoms with E-state index in [4.69, 9.17) is 0 Å². The summed E-state index contributed by atoms with van der Waals surface area (Å²) in [6.45, 7) is 1.65. The summed E-state index contributed by atoms with van der Waals surface area (Å²) in [6, 6.07) is 4.40. The van der Waals surface area contributed by atoms with Gasteiger partial charge in [0, 0.05) is 12.4 Å². The molecule has 2 rings (SSSR count). The minimum atomic E-state index is -4.63. The smallest absolute Gasteiger partial charge is 0.330 e. The third-order valence-electron chi connectivity index (χ3n) is 2.96. The first-order valence-corrected chi connectivity index (χ1v) is 6.56. The van der Waals surface area contributed by atoms with E-state index < -0.39 is 35.1 Å². The summed E-state index contributed by atoms with van der Waals surface area (Å²) < 4.78 is 37.8. The first-order chi connectivity index (χ1) is 10.8. The second-order valence-electron chi connectivity index (χ2n) is 4.70.